The van der Waals surface area contributed by atoms with E-state index < -0.39 is 0 Å². The molecule has 0 spiro atoms. The van der Waals surface area contributed by atoms with Crippen molar-refractivity contribution in [2.45, 2.75) is 19.9 Å². The summed E-state index contributed by atoms with van der Waals surface area (Å²) in [6, 6.07) is 10.6. The lowest BCUT2D eigenvalue weighted by molar-refractivity contribution is -0.123. The Morgan fingerprint density at radius 1 is 1.14 bits per heavy atom. The first-order valence-electron chi connectivity index (χ1n) is 9.41. The molecule has 1 aliphatic rings. The topological polar surface area (TPSA) is 81.0 Å². The molecule has 0 bridgehead atoms. The molecular formula is C21H26N2O5. The standard InChI is InChI=1S/C21H26N2O5/c1-15-3-8-20(28-15)19(23-9-11-26-12-10-23)13-22-21(25)14-27-18-6-4-17(5-7-18)16(2)24/h3-8,19H,9-14H2,1-2H3,(H,22,25). The summed E-state index contributed by atoms with van der Waals surface area (Å²) in [5, 5.41) is 2.93. The second-order valence-electron chi connectivity index (χ2n) is 6.79. The van der Waals surface area contributed by atoms with Gasteiger partial charge >= 0.3 is 0 Å². The molecule has 0 saturated carbocycles. The van der Waals surface area contributed by atoms with Gasteiger partial charge in [-0.15, -0.1) is 0 Å². The average Bonchev–Trinajstić information content (AvgIpc) is 3.13. The minimum atomic E-state index is -0.211. The fraction of sp³-hybridized carbons (Fsp3) is 0.429. The van der Waals surface area contributed by atoms with Gasteiger partial charge in [0, 0.05) is 25.2 Å². The first-order valence-corrected chi connectivity index (χ1v) is 9.41. The predicted octanol–water partition coefficient (Wildman–Crippen LogP) is 2.36. The van der Waals surface area contributed by atoms with E-state index in [9.17, 15) is 9.59 Å². The molecule has 1 atom stereocenters. The number of rotatable bonds is 8. The Hall–Kier alpha value is -2.64. The highest BCUT2D eigenvalue weighted by molar-refractivity contribution is 5.94. The highest BCUT2D eigenvalue weighted by Gasteiger charge is 2.25. The quantitative estimate of drug-likeness (QED) is 0.702. The lowest BCUT2D eigenvalue weighted by Gasteiger charge is -2.33. The molecule has 1 unspecified atom stereocenters. The van der Waals surface area contributed by atoms with E-state index in [1.54, 1.807) is 24.3 Å². The van der Waals surface area contributed by atoms with Crippen LogP contribution in [0.2, 0.25) is 0 Å². The zero-order valence-corrected chi connectivity index (χ0v) is 16.3. The fourth-order valence-electron chi connectivity index (χ4n) is 3.13. The maximum absolute atomic E-state index is 12.3. The number of carbonyl (C=O) groups excluding carboxylic acids is 2. The molecule has 7 heteroatoms. The average molecular weight is 386 g/mol. The Morgan fingerprint density at radius 2 is 1.86 bits per heavy atom. The van der Waals surface area contributed by atoms with Crippen molar-refractivity contribution in [2.75, 3.05) is 39.5 Å². The van der Waals surface area contributed by atoms with Crippen LogP contribution in [-0.4, -0.2) is 56.0 Å². The van der Waals surface area contributed by atoms with E-state index in [4.69, 9.17) is 13.9 Å². The Balaban J connectivity index is 1.53. The summed E-state index contributed by atoms with van der Waals surface area (Å²) in [7, 11) is 0. The van der Waals surface area contributed by atoms with Crippen molar-refractivity contribution in [3.05, 3.63) is 53.5 Å². The van der Waals surface area contributed by atoms with Crippen LogP contribution >= 0.6 is 0 Å². The number of amides is 1. The van der Waals surface area contributed by atoms with Gasteiger partial charge in [0.25, 0.3) is 5.91 Å². The van der Waals surface area contributed by atoms with Crippen LogP contribution in [0.1, 0.15) is 34.8 Å². The lowest BCUT2D eigenvalue weighted by atomic mass is 10.1. The van der Waals surface area contributed by atoms with Gasteiger partial charge in [0.1, 0.15) is 17.3 Å². The molecule has 150 valence electrons. The van der Waals surface area contributed by atoms with Crippen LogP contribution in [0.25, 0.3) is 0 Å². The molecule has 2 aromatic rings. The zero-order chi connectivity index (χ0) is 19.9. The predicted molar refractivity (Wildman–Crippen MR) is 104 cm³/mol. The highest BCUT2D eigenvalue weighted by Crippen LogP contribution is 2.23. The SMILES string of the molecule is CC(=O)c1ccc(OCC(=O)NCC(c2ccc(C)o2)N2CCOCC2)cc1. The normalized spacial score (nSPS) is 15.8. The molecule has 1 aromatic carbocycles. The Morgan fingerprint density at radius 3 is 2.46 bits per heavy atom. The Labute approximate surface area is 164 Å². The fourth-order valence-corrected chi connectivity index (χ4v) is 3.13. The maximum atomic E-state index is 12.3. The Bertz CT molecular complexity index is 793. The monoisotopic (exact) mass is 386 g/mol. The van der Waals surface area contributed by atoms with Crippen LogP contribution < -0.4 is 10.1 Å². The molecule has 1 saturated heterocycles. The van der Waals surface area contributed by atoms with Gasteiger partial charge < -0.3 is 19.2 Å². The maximum Gasteiger partial charge on any atom is 0.258 e. The van der Waals surface area contributed by atoms with E-state index in [0.717, 1.165) is 24.6 Å². The van der Waals surface area contributed by atoms with Crippen molar-refractivity contribution in [1.29, 1.82) is 0 Å². The number of Topliss-reactive ketones (excluding diaryl/α,β-unsaturated/α-hetero) is 1. The van der Waals surface area contributed by atoms with Crippen molar-refractivity contribution in [3.8, 4) is 5.75 Å². The van der Waals surface area contributed by atoms with E-state index in [1.165, 1.54) is 6.92 Å². The summed E-state index contributed by atoms with van der Waals surface area (Å²) >= 11 is 0. The number of hydrogen-bond acceptors (Lipinski definition) is 6. The van der Waals surface area contributed by atoms with Crippen molar-refractivity contribution < 1.29 is 23.5 Å². The van der Waals surface area contributed by atoms with Crippen LogP contribution in [0.3, 0.4) is 0 Å². The molecule has 2 heterocycles. The zero-order valence-electron chi connectivity index (χ0n) is 16.3. The molecule has 1 aromatic heterocycles. The van der Waals surface area contributed by atoms with Crippen LogP contribution in [0.15, 0.2) is 40.8 Å². The first kappa shape index (κ1) is 20.1. The largest absolute Gasteiger partial charge is 0.484 e. The number of morpholine rings is 1. The van der Waals surface area contributed by atoms with Gasteiger partial charge in [-0.25, -0.2) is 0 Å². The van der Waals surface area contributed by atoms with Gasteiger partial charge in [0.2, 0.25) is 0 Å². The lowest BCUT2D eigenvalue weighted by Crippen LogP contribution is -2.44. The molecule has 28 heavy (non-hydrogen) atoms. The van der Waals surface area contributed by atoms with Crippen molar-refractivity contribution in [2.24, 2.45) is 0 Å². The van der Waals surface area contributed by atoms with Crippen molar-refractivity contribution >= 4 is 11.7 Å². The Kier molecular flexibility index (Phi) is 6.84. The summed E-state index contributed by atoms with van der Waals surface area (Å²) in [4.78, 5) is 25.8. The van der Waals surface area contributed by atoms with E-state index in [-0.39, 0.29) is 24.3 Å². The summed E-state index contributed by atoms with van der Waals surface area (Å²) < 4.78 is 16.7. The van der Waals surface area contributed by atoms with Crippen LogP contribution in [0.5, 0.6) is 5.75 Å². The number of hydrogen-bond donors (Lipinski definition) is 1. The molecule has 1 amide bonds. The third-order valence-electron chi connectivity index (χ3n) is 4.70. The number of benzene rings is 1. The van der Waals surface area contributed by atoms with E-state index in [0.29, 0.717) is 31.1 Å². The number of nitrogens with one attached hydrogen (secondary N) is 1. The van der Waals surface area contributed by atoms with Crippen LogP contribution in [0.4, 0.5) is 0 Å². The molecule has 1 aliphatic heterocycles. The van der Waals surface area contributed by atoms with Gasteiger partial charge in [-0.05, 0) is 50.2 Å². The number of ketones is 1. The summed E-state index contributed by atoms with van der Waals surface area (Å²) in [6.45, 7) is 6.68. The van der Waals surface area contributed by atoms with Gasteiger partial charge in [-0.2, -0.15) is 0 Å². The molecule has 7 nitrogen and oxygen atoms in total. The number of aryl methyl sites for hydroxylation is 1. The van der Waals surface area contributed by atoms with E-state index in [2.05, 4.69) is 10.2 Å². The molecule has 0 aliphatic carbocycles. The van der Waals surface area contributed by atoms with Crippen molar-refractivity contribution in [3.63, 3.8) is 0 Å². The summed E-state index contributed by atoms with van der Waals surface area (Å²) in [6.07, 6.45) is 0. The minimum Gasteiger partial charge on any atom is -0.484 e. The second kappa shape index (κ2) is 9.52. The van der Waals surface area contributed by atoms with Gasteiger partial charge in [-0.3, -0.25) is 14.5 Å². The molecule has 1 fully saturated rings. The van der Waals surface area contributed by atoms with E-state index >= 15 is 0 Å². The molecule has 1 N–H and O–H groups in total. The molecule has 0 radical (unpaired) electrons. The number of furan rings is 1. The minimum absolute atomic E-state index is 0.00777. The third-order valence-corrected chi connectivity index (χ3v) is 4.70. The third kappa shape index (κ3) is 5.43. The van der Waals surface area contributed by atoms with Gasteiger partial charge in [0.05, 0.1) is 19.3 Å². The van der Waals surface area contributed by atoms with Gasteiger partial charge in [-0.1, -0.05) is 0 Å². The van der Waals surface area contributed by atoms with E-state index in [1.807, 2.05) is 19.1 Å². The number of nitrogens with zero attached hydrogens (tertiary/aromatic N) is 1. The number of carbonyl (C=O) groups is 2. The van der Waals surface area contributed by atoms with Crippen molar-refractivity contribution in [1.82, 2.24) is 10.2 Å². The van der Waals surface area contributed by atoms with Crippen LogP contribution in [-0.2, 0) is 9.53 Å². The first-order chi connectivity index (χ1) is 13.5. The van der Waals surface area contributed by atoms with Crippen LogP contribution in [0, 0.1) is 6.92 Å². The molecular weight excluding hydrogens is 360 g/mol. The smallest absolute Gasteiger partial charge is 0.258 e. The second-order valence-corrected chi connectivity index (χ2v) is 6.79. The van der Waals surface area contributed by atoms with Gasteiger partial charge in [0.15, 0.2) is 12.4 Å². The summed E-state index contributed by atoms with van der Waals surface area (Å²) in [5.41, 5.74) is 0.610. The number of ether oxygens (including phenoxy) is 2. The molecule has 3 rings (SSSR count). The highest BCUT2D eigenvalue weighted by atomic mass is 16.5. The summed E-state index contributed by atoms with van der Waals surface area (Å²) in [5.74, 6) is 2.01.